The van der Waals surface area contributed by atoms with Crippen LogP contribution in [0.2, 0.25) is 0 Å². The van der Waals surface area contributed by atoms with Crippen molar-refractivity contribution < 1.29 is 4.42 Å². The first-order valence-corrected chi connectivity index (χ1v) is 21.2. The number of para-hydroxylation sites is 1. The van der Waals surface area contributed by atoms with Crippen LogP contribution in [0.1, 0.15) is 0 Å². The van der Waals surface area contributed by atoms with Gasteiger partial charge >= 0.3 is 0 Å². The van der Waals surface area contributed by atoms with Crippen molar-refractivity contribution in [3.8, 4) is 44.5 Å². The number of hydrogen-bond donors (Lipinski definition) is 0. The second-order valence-corrected chi connectivity index (χ2v) is 16.1. The van der Waals surface area contributed by atoms with E-state index in [-0.39, 0.29) is 0 Å². The number of furan rings is 1. The highest BCUT2D eigenvalue weighted by Crippen LogP contribution is 2.45. The van der Waals surface area contributed by atoms with Crippen LogP contribution in [0, 0.1) is 0 Å². The van der Waals surface area contributed by atoms with Gasteiger partial charge in [0, 0.05) is 27.7 Å². The molecule has 0 N–H and O–H groups in total. The summed E-state index contributed by atoms with van der Waals surface area (Å²) < 4.78 is 6.29. The van der Waals surface area contributed by atoms with Crippen LogP contribution in [-0.4, -0.2) is 0 Å². The third-order valence-corrected chi connectivity index (χ3v) is 12.4. The van der Waals surface area contributed by atoms with Crippen LogP contribution in [0.4, 0.5) is 17.1 Å². The molecule has 0 unspecified atom stereocenters. The highest BCUT2D eigenvalue weighted by molar-refractivity contribution is 6.14. The minimum atomic E-state index is 0.903. The van der Waals surface area contributed by atoms with E-state index in [1.54, 1.807) is 0 Å². The van der Waals surface area contributed by atoms with E-state index in [2.05, 4.69) is 229 Å². The summed E-state index contributed by atoms with van der Waals surface area (Å²) in [4.78, 5) is 2.41. The van der Waals surface area contributed by atoms with Crippen LogP contribution in [0.5, 0.6) is 0 Å². The molecule has 2 nitrogen and oxygen atoms in total. The first-order chi connectivity index (χ1) is 30.7. The van der Waals surface area contributed by atoms with E-state index in [0.717, 1.165) is 60.9 Å². The molecule has 0 amide bonds. The summed E-state index contributed by atoms with van der Waals surface area (Å²) in [5.74, 6) is 0. The molecule has 0 saturated heterocycles. The molecular formula is C60H39NO. The lowest BCUT2D eigenvalue weighted by Gasteiger charge is -2.29. The molecule has 11 aromatic carbocycles. The molecule has 0 aliphatic heterocycles. The first kappa shape index (κ1) is 35.7. The smallest absolute Gasteiger partial charge is 0.136 e. The Morgan fingerprint density at radius 1 is 0.258 bits per heavy atom. The molecule has 0 saturated carbocycles. The van der Waals surface area contributed by atoms with Crippen LogP contribution in [0.15, 0.2) is 241 Å². The molecule has 1 heterocycles. The summed E-state index contributed by atoms with van der Waals surface area (Å²) in [6.45, 7) is 0. The second-order valence-electron chi connectivity index (χ2n) is 16.1. The minimum absolute atomic E-state index is 0.903. The largest absolute Gasteiger partial charge is 0.456 e. The average Bonchev–Trinajstić information content (AvgIpc) is 3.71. The summed E-state index contributed by atoms with van der Waals surface area (Å²) >= 11 is 0. The minimum Gasteiger partial charge on any atom is -0.456 e. The molecule has 0 spiro atoms. The summed E-state index contributed by atoms with van der Waals surface area (Å²) in [5, 5.41) is 9.64. The van der Waals surface area contributed by atoms with Crippen LogP contribution >= 0.6 is 0 Å². The molecule has 0 bridgehead atoms. The molecule has 290 valence electrons. The number of anilines is 3. The van der Waals surface area contributed by atoms with Crippen molar-refractivity contribution >= 4 is 71.3 Å². The SMILES string of the molecule is c1ccc(-c2ccc(N(c3ccc(-c4ccc(-c5cc6ccccc6c6ccccc56)cc4)cc3)c3ccc4cc5oc6ccccc6c5cc4c3)c(-c3ccccc3)c2)cc1. The fourth-order valence-electron chi connectivity index (χ4n) is 9.35. The topological polar surface area (TPSA) is 16.4 Å². The standard InChI is InChI=1S/C60H39NO/c1-3-13-40(14-4-1)45-30-34-58(56(36-45)43-15-5-2-6-16-43)61(50-33-29-46-39-60-57(38-48(46)35-50)54-21-11-12-22-59(54)62-60)49-31-27-42(28-32-49)41-23-25-44(26-24-41)55-37-47-17-7-8-18-51(47)52-19-9-10-20-53(52)55/h1-39H. The first-order valence-electron chi connectivity index (χ1n) is 21.2. The molecule has 0 aliphatic rings. The van der Waals surface area contributed by atoms with Crippen molar-refractivity contribution in [3.05, 3.63) is 237 Å². The molecule has 0 atom stereocenters. The average molecular weight is 790 g/mol. The maximum Gasteiger partial charge on any atom is 0.136 e. The Hall–Kier alpha value is -8.20. The highest BCUT2D eigenvalue weighted by atomic mass is 16.3. The molecule has 0 fully saturated rings. The van der Waals surface area contributed by atoms with E-state index >= 15 is 0 Å². The van der Waals surface area contributed by atoms with E-state index in [4.69, 9.17) is 4.42 Å². The van der Waals surface area contributed by atoms with E-state index < -0.39 is 0 Å². The predicted molar refractivity (Wildman–Crippen MR) is 263 cm³/mol. The molecule has 62 heavy (non-hydrogen) atoms. The Bertz CT molecular complexity index is 3610. The van der Waals surface area contributed by atoms with Gasteiger partial charge in [-0.3, -0.25) is 0 Å². The van der Waals surface area contributed by atoms with Crippen LogP contribution in [0.25, 0.3) is 98.8 Å². The summed E-state index contributed by atoms with van der Waals surface area (Å²) in [5.41, 5.74) is 14.6. The lowest BCUT2D eigenvalue weighted by molar-refractivity contribution is 0.669. The second kappa shape index (κ2) is 14.8. The van der Waals surface area contributed by atoms with Gasteiger partial charge in [0.15, 0.2) is 0 Å². The summed E-state index contributed by atoms with van der Waals surface area (Å²) in [7, 11) is 0. The van der Waals surface area contributed by atoms with Gasteiger partial charge < -0.3 is 9.32 Å². The van der Waals surface area contributed by atoms with E-state index in [0.29, 0.717) is 0 Å². The van der Waals surface area contributed by atoms with Gasteiger partial charge in [-0.15, -0.1) is 0 Å². The van der Waals surface area contributed by atoms with E-state index in [1.807, 2.05) is 12.1 Å². The Kier molecular flexibility index (Phi) is 8.53. The van der Waals surface area contributed by atoms with E-state index in [1.165, 1.54) is 54.9 Å². The molecule has 0 aliphatic carbocycles. The van der Waals surface area contributed by atoms with Gasteiger partial charge in [0.25, 0.3) is 0 Å². The van der Waals surface area contributed by atoms with Crippen molar-refractivity contribution in [3.63, 3.8) is 0 Å². The Balaban J connectivity index is 0.981. The lowest BCUT2D eigenvalue weighted by Crippen LogP contribution is -2.11. The number of nitrogens with zero attached hydrogens (tertiary/aromatic N) is 1. The molecule has 0 radical (unpaired) electrons. The maximum absolute atomic E-state index is 6.29. The van der Waals surface area contributed by atoms with Crippen LogP contribution in [-0.2, 0) is 0 Å². The Morgan fingerprint density at radius 2 is 0.823 bits per heavy atom. The van der Waals surface area contributed by atoms with Gasteiger partial charge in [-0.25, -0.2) is 0 Å². The molecule has 1 aromatic heterocycles. The zero-order valence-corrected chi connectivity index (χ0v) is 33.9. The van der Waals surface area contributed by atoms with Crippen LogP contribution in [0.3, 0.4) is 0 Å². The lowest BCUT2D eigenvalue weighted by atomic mass is 9.92. The number of fused-ring (bicyclic) bond motifs is 7. The van der Waals surface area contributed by atoms with Gasteiger partial charge in [0.05, 0.1) is 5.69 Å². The van der Waals surface area contributed by atoms with Crippen molar-refractivity contribution in [2.24, 2.45) is 0 Å². The van der Waals surface area contributed by atoms with Crippen molar-refractivity contribution in [2.75, 3.05) is 4.90 Å². The molecule has 12 rings (SSSR count). The van der Waals surface area contributed by atoms with E-state index in [9.17, 15) is 0 Å². The Morgan fingerprint density at radius 3 is 1.60 bits per heavy atom. The Labute approximate surface area is 360 Å². The predicted octanol–water partition coefficient (Wildman–Crippen LogP) is 17.2. The van der Waals surface area contributed by atoms with Gasteiger partial charge in [-0.05, 0) is 132 Å². The monoisotopic (exact) mass is 789 g/mol. The quantitative estimate of drug-likeness (QED) is 0.150. The number of benzene rings is 11. The van der Waals surface area contributed by atoms with Gasteiger partial charge in [0.1, 0.15) is 11.2 Å². The van der Waals surface area contributed by atoms with Gasteiger partial charge in [-0.1, -0.05) is 176 Å². The normalized spacial score (nSPS) is 11.5. The van der Waals surface area contributed by atoms with Crippen molar-refractivity contribution in [1.29, 1.82) is 0 Å². The fraction of sp³-hybridized carbons (Fsp3) is 0. The van der Waals surface area contributed by atoms with Crippen molar-refractivity contribution in [1.82, 2.24) is 0 Å². The third-order valence-electron chi connectivity index (χ3n) is 12.4. The van der Waals surface area contributed by atoms with Gasteiger partial charge in [-0.2, -0.15) is 0 Å². The maximum atomic E-state index is 6.29. The fourth-order valence-corrected chi connectivity index (χ4v) is 9.35. The summed E-state index contributed by atoms with van der Waals surface area (Å²) in [6, 6.07) is 85.6. The van der Waals surface area contributed by atoms with Gasteiger partial charge in [0.2, 0.25) is 0 Å². The molecular weight excluding hydrogens is 751 g/mol. The highest BCUT2D eigenvalue weighted by Gasteiger charge is 2.20. The molecule has 2 heteroatoms. The van der Waals surface area contributed by atoms with Crippen LogP contribution < -0.4 is 4.90 Å². The number of rotatable bonds is 7. The third kappa shape index (κ3) is 6.20. The number of hydrogen-bond acceptors (Lipinski definition) is 2. The van der Waals surface area contributed by atoms with Crippen molar-refractivity contribution in [2.45, 2.75) is 0 Å². The zero-order chi connectivity index (χ0) is 41.0. The summed E-state index contributed by atoms with van der Waals surface area (Å²) in [6.07, 6.45) is 0. The molecule has 12 aromatic rings. The zero-order valence-electron chi connectivity index (χ0n) is 33.9.